The molecule has 5 heteroatoms. The van der Waals surface area contributed by atoms with Gasteiger partial charge in [-0.05, 0) is 12.3 Å². The van der Waals surface area contributed by atoms with Crippen molar-refractivity contribution in [1.82, 2.24) is 10.2 Å². The van der Waals surface area contributed by atoms with Crippen LogP contribution < -0.4 is 5.32 Å². The third-order valence-electron chi connectivity index (χ3n) is 2.62. The first-order valence-corrected chi connectivity index (χ1v) is 6.19. The molecule has 0 bridgehead atoms. The van der Waals surface area contributed by atoms with Gasteiger partial charge in [-0.25, -0.2) is 0 Å². The number of nitrogens with one attached hydrogen (secondary N) is 1. The van der Waals surface area contributed by atoms with E-state index in [1.165, 1.54) is 0 Å². The van der Waals surface area contributed by atoms with Gasteiger partial charge in [0.05, 0.1) is 6.54 Å². The highest BCUT2D eigenvalue weighted by atomic mass is 35.5. The summed E-state index contributed by atoms with van der Waals surface area (Å²) in [6, 6.07) is -0.430. The molecule has 1 heterocycles. The Hall–Kier alpha value is -1.03. The molecule has 0 aromatic rings. The number of amides is 2. The fourth-order valence-electron chi connectivity index (χ4n) is 1.89. The van der Waals surface area contributed by atoms with Crippen molar-refractivity contribution in [3.63, 3.8) is 0 Å². The first-order valence-electron chi connectivity index (χ1n) is 5.81. The normalized spacial score (nSPS) is 21.4. The van der Waals surface area contributed by atoms with E-state index in [4.69, 9.17) is 11.6 Å². The molecule has 1 aliphatic rings. The lowest BCUT2D eigenvalue weighted by molar-refractivity contribution is -0.133. The van der Waals surface area contributed by atoms with Crippen LogP contribution in [0.15, 0.2) is 11.6 Å². The van der Waals surface area contributed by atoms with E-state index in [0.717, 1.165) is 0 Å². The quantitative estimate of drug-likeness (QED) is 0.831. The van der Waals surface area contributed by atoms with Crippen LogP contribution >= 0.6 is 11.6 Å². The number of halogens is 1. The summed E-state index contributed by atoms with van der Waals surface area (Å²) in [5, 5.41) is 3.17. The minimum absolute atomic E-state index is 0.0636. The SMILES string of the molecule is C=C(Cl)CN1CCC(=O)NC(CC(C)C)C1=O. The van der Waals surface area contributed by atoms with Crippen LogP contribution in [-0.2, 0) is 9.59 Å². The zero-order chi connectivity index (χ0) is 13.0. The highest BCUT2D eigenvalue weighted by molar-refractivity contribution is 6.29. The molecule has 0 spiro atoms. The van der Waals surface area contributed by atoms with E-state index in [-0.39, 0.29) is 11.8 Å². The van der Waals surface area contributed by atoms with Crippen molar-refractivity contribution in [3.8, 4) is 0 Å². The third-order valence-corrected chi connectivity index (χ3v) is 2.74. The summed E-state index contributed by atoms with van der Waals surface area (Å²) < 4.78 is 0. The number of nitrogens with zero attached hydrogens (tertiary/aromatic N) is 1. The van der Waals surface area contributed by atoms with Crippen LogP contribution in [0.25, 0.3) is 0 Å². The van der Waals surface area contributed by atoms with E-state index in [9.17, 15) is 9.59 Å². The van der Waals surface area contributed by atoms with Crippen molar-refractivity contribution in [3.05, 3.63) is 11.6 Å². The standard InChI is InChI=1S/C12H19ClN2O2/c1-8(2)6-10-12(17)15(7-9(3)13)5-4-11(16)14-10/h8,10H,3-7H2,1-2H3,(H,14,16). The van der Waals surface area contributed by atoms with Crippen molar-refractivity contribution in [2.24, 2.45) is 5.92 Å². The monoisotopic (exact) mass is 258 g/mol. The Kier molecular flexibility index (Phi) is 5.00. The first kappa shape index (κ1) is 14.0. The number of rotatable bonds is 4. The summed E-state index contributed by atoms with van der Waals surface area (Å²) >= 11 is 5.73. The molecule has 1 fully saturated rings. The molecule has 1 rings (SSSR count). The van der Waals surface area contributed by atoms with E-state index in [1.807, 2.05) is 13.8 Å². The molecule has 1 atom stereocenters. The molecule has 1 saturated heterocycles. The van der Waals surface area contributed by atoms with E-state index in [2.05, 4.69) is 11.9 Å². The number of carbonyl (C=O) groups excluding carboxylic acids is 2. The highest BCUT2D eigenvalue weighted by Crippen LogP contribution is 2.13. The molecule has 0 aromatic carbocycles. The van der Waals surface area contributed by atoms with Crippen molar-refractivity contribution in [2.45, 2.75) is 32.7 Å². The number of hydrogen-bond acceptors (Lipinski definition) is 2. The summed E-state index contributed by atoms with van der Waals surface area (Å²) in [4.78, 5) is 25.3. The van der Waals surface area contributed by atoms with E-state index in [1.54, 1.807) is 4.90 Å². The smallest absolute Gasteiger partial charge is 0.245 e. The molecule has 17 heavy (non-hydrogen) atoms. The second-order valence-corrected chi connectivity index (χ2v) is 5.31. The minimum Gasteiger partial charge on any atom is -0.344 e. The Bertz CT molecular complexity index is 328. The zero-order valence-electron chi connectivity index (χ0n) is 10.3. The fourth-order valence-corrected chi connectivity index (χ4v) is 2.03. The van der Waals surface area contributed by atoms with Crippen LogP contribution in [0, 0.1) is 5.92 Å². The number of hydrogen-bond donors (Lipinski definition) is 1. The molecule has 0 saturated carbocycles. The lowest BCUT2D eigenvalue weighted by Gasteiger charge is -2.24. The Labute approximate surface area is 107 Å². The average molecular weight is 259 g/mol. The van der Waals surface area contributed by atoms with Gasteiger partial charge in [0, 0.05) is 18.0 Å². The van der Waals surface area contributed by atoms with E-state index in [0.29, 0.717) is 36.9 Å². The maximum absolute atomic E-state index is 12.2. The predicted molar refractivity (Wildman–Crippen MR) is 67.6 cm³/mol. The molecule has 0 aromatic heterocycles. The van der Waals surface area contributed by atoms with Crippen LogP contribution in [0.2, 0.25) is 0 Å². The maximum Gasteiger partial charge on any atom is 0.245 e. The molecular weight excluding hydrogens is 240 g/mol. The van der Waals surface area contributed by atoms with Gasteiger partial charge >= 0.3 is 0 Å². The molecule has 0 aliphatic carbocycles. The van der Waals surface area contributed by atoms with Crippen molar-refractivity contribution >= 4 is 23.4 Å². The first-order chi connectivity index (χ1) is 7.90. The summed E-state index contributed by atoms with van der Waals surface area (Å²) in [6.45, 7) is 8.35. The third kappa shape index (κ3) is 4.38. The zero-order valence-corrected chi connectivity index (χ0v) is 11.1. The molecule has 1 unspecified atom stereocenters. The minimum atomic E-state index is -0.430. The van der Waals surface area contributed by atoms with Gasteiger partial charge in [-0.3, -0.25) is 9.59 Å². The van der Waals surface area contributed by atoms with E-state index < -0.39 is 6.04 Å². The topological polar surface area (TPSA) is 49.4 Å². The maximum atomic E-state index is 12.2. The van der Waals surface area contributed by atoms with Crippen LogP contribution in [0.1, 0.15) is 26.7 Å². The second-order valence-electron chi connectivity index (χ2n) is 4.78. The van der Waals surface area contributed by atoms with Gasteiger partial charge in [0.15, 0.2) is 0 Å². The van der Waals surface area contributed by atoms with Gasteiger partial charge in [0.25, 0.3) is 0 Å². The molecule has 2 amide bonds. The van der Waals surface area contributed by atoms with Gasteiger partial charge < -0.3 is 10.2 Å². The Morgan fingerprint density at radius 2 is 2.24 bits per heavy atom. The highest BCUT2D eigenvalue weighted by Gasteiger charge is 2.30. The van der Waals surface area contributed by atoms with Crippen molar-refractivity contribution in [2.75, 3.05) is 13.1 Å². The Morgan fingerprint density at radius 3 is 2.76 bits per heavy atom. The van der Waals surface area contributed by atoms with Gasteiger partial charge in [-0.2, -0.15) is 0 Å². The summed E-state index contributed by atoms with van der Waals surface area (Å²) in [5.41, 5.74) is 0. The lowest BCUT2D eigenvalue weighted by Crippen LogP contribution is -2.45. The fraction of sp³-hybridized carbons (Fsp3) is 0.667. The van der Waals surface area contributed by atoms with Gasteiger partial charge in [-0.15, -0.1) is 0 Å². The lowest BCUT2D eigenvalue weighted by atomic mass is 10.0. The van der Waals surface area contributed by atoms with Crippen LogP contribution in [-0.4, -0.2) is 35.8 Å². The predicted octanol–water partition coefficient (Wildman–Crippen LogP) is 1.50. The largest absolute Gasteiger partial charge is 0.344 e. The summed E-state index contributed by atoms with van der Waals surface area (Å²) in [7, 11) is 0. The molecule has 1 aliphatic heterocycles. The Balaban J connectivity index is 2.77. The molecule has 0 radical (unpaired) electrons. The summed E-state index contributed by atoms with van der Waals surface area (Å²) in [5.74, 6) is 0.210. The Morgan fingerprint density at radius 1 is 1.59 bits per heavy atom. The molecular formula is C12H19ClN2O2. The number of carbonyl (C=O) groups is 2. The van der Waals surface area contributed by atoms with Gasteiger partial charge in [0.2, 0.25) is 11.8 Å². The van der Waals surface area contributed by atoms with Crippen molar-refractivity contribution < 1.29 is 9.59 Å². The average Bonchev–Trinajstić information content (AvgIpc) is 2.30. The molecule has 1 N–H and O–H groups in total. The molecule has 4 nitrogen and oxygen atoms in total. The second kappa shape index (κ2) is 6.05. The molecule has 96 valence electrons. The van der Waals surface area contributed by atoms with Gasteiger partial charge in [-0.1, -0.05) is 32.0 Å². The van der Waals surface area contributed by atoms with Crippen LogP contribution in [0.5, 0.6) is 0 Å². The summed E-state index contributed by atoms with van der Waals surface area (Å²) in [6.07, 6.45) is 0.973. The van der Waals surface area contributed by atoms with Gasteiger partial charge in [0.1, 0.15) is 6.04 Å². The van der Waals surface area contributed by atoms with Crippen LogP contribution in [0.3, 0.4) is 0 Å². The van der Waals surface area contributed by atoms with Crippen molar-refractivity contribution in [1.29, 1.82) is 0 Å². The van der Waals surface area contributed by atoms with Crippen LogP contribution in [0.4, 0.5) is 0 Å². The van der Waals surface area contributed by atoms with E-state index >= 15 is 0 Å².